The van der Waals surface area contributed by atoms with Crippen LogP contribution in [0, 0.1) is 0 Å². The van der Waals surface area contributed by atoms with Crippen LogP contribution in [0.3, 0.4) is 0 Å². The Hall–Kier alpha value is -3.64. The van der Waals surface area contributed by atoms with Gasteiger partial charge in [-0.25, -0.2) is 0 Å². The smallest absolute Gasteiger partial charge is 0.396 e. The number of halogens is 5. The molecular weight excluding hydrogens is 553 g/mol. The highest BCUT2D eigenvalue weighted by atomic mass is 79.9. The maximum Gasteiger partial charge on any atom is 0.416 e. The van der Waals surface area contributed by atoms with Crippen LogP contribution >= 0.6 is 27.5 Å². The van der Waals surface area contributed by atoms with Crippen molar-refractivity contribution in [3.63, 3.8) is 0 Å². The van der Waals surface area contributed by atoms with Crippen molar-refractivity contribution >= 4 is 38.9 Å². The van der Waals surface area contributed by atoms with Crippen molar-refractivity contribution in [1.82, 2.24) is 19.6 Å². The van der Waals surface area contributed by atoms with Gasteiger partial charge in [0.25, 0.3) is 11.1 Å². The summed E-state index contributed by atoms with van der Waals surface area (Å²) in [5.74, 6) is 0. The number of anilines is 2. The van der Waals surface area contributed by atoms with E-state index in [1.54, 1.807) is 19.2 Å². The second-order valence-corrected chi connectivity index (χ2v) is 8.02. The summed E-state index contributed by atoms with van der Waals surface area (Å²) in [4.78, 5) is 23.7. The summed E-state index contributed by atoms with van der Waals surface area (Å²) in [6, 6.07) is 13.5. The maximum absolute atomic E-state index is 12.6. The fourth-order valence-corrected chi connectivity index (χ4v) is 3.30. The number of rotatable bonds is 3. The number of nitrogens with one attached hydrogen (secondary N) is 1. The number of alkyl halides is 3. The summed E-state index contributed by atoms with van der Waals surface area (Å²) in [7, 11) is 1.55. The zero-order valence-corrected chi connectivity index (χ0v) is 20.3. The van der Waals surface area contributed by atoms with Crippen LogP contribution in [0.15, 0.2) is 81.1 Å². The molecule has 8 nitrogen and oxygen atoms in total. The lowest BCUT2D eigenvalue weighted by Crippen LogP contribution is -2.22. The molecule has 182 valence electrons. The molecule has 0 aliphatic carbocycles. The molecule has 0 saturated heterocycles. The molecule has 35 heavy (non-hydrogen) atoms. The number of nitrogens with zero attached hydrogens (tertiary/aromatic N) is 4. The summed E-state index contributed by atoms with van der Waals surface area (Å²) in [6.45, 7) is 0. The first kappa shape index (κ1) is 26.0. The summed E-state index contributed by atoms with van der Waals surface area (Å²) in [5, 5.41) is 10.3. The van der Waals surface area contributed by atoms with Gasteiger partial charge in [0.15, 0.2) is 0 Å². The van der Waals surface area contributed by atoms with Gasteiger partial charge >= 0.3 is 6.18 Å². The van der Waals surface area contributed by atoms with Crippen LogP contribution in [0.5, 0.6) is 0 Å². The number of nitrogens with two attached hydrogens (primary N) is 1. The topological polar surface area (TPSA) is 108 Å². The Kier molecular flexibility index (Phi) is 7.97. The maximum atomic E-state index is 12.6. The van der Waals surface area contributed by atoms with E-state index in [9.17, 15) is 22.8 Å². The van der Waals surface area contributed by atoms with Gasteiger partial charge in [-0.3, -0.25) is 9.59 Å². The monoisotopic (exact) mass is 568 g/mol. The molecule has 2 heterocycles. The highest BCUT2D eigenvalue weighted by molar-refractivity contribution is 9.10. The largest absolute Gasteiger partial charge is 0.416 e. The Balaban J connectivity index is 0.000000203. The van der Waals surface area contributed by atoms with Crippen LogP contribution < -0.4 is 22.2 Å². The number of para-hydroxylation sites is 1. The standard InChI is InChI=1S/C12H9ClF3N3O.C10H8BrN3O/c1-17-9-6-18-19(11(20)10(9)13)8-4-2-3-7(5-8)12(14,15)16;11-9-8(12)6-13-14(10(9)15)7-4-2-1-3-5-7/h2-6,17H,1H3;1-6H,12H2. The first-order valence-corrected chi connectivity index (χ1v) is 10.9. The van der Waals surface area contributed by atoms with Gasteiger partial charge < -0.3 is 11.1 Å². The van der Waals surface area contributed by atoms with Gasteiger partial charge in [-0.2, -0.15) is 32.7 Å². The summed E-state index contributed by atoms with van der Waals surface area (Å²) in [6.07, 6.45) is -1.78. The summed E-state index contributed by atoms with van der Waals surface area (Å²) >= 11 is 8.95. The fraction of sp³-hybridized carbons (Fsp3) is 0.0909. The molecule has 0 bridgehead atoms. The van der Waals surface area contributed by atoms with Crippen molar-refractivity contribution < 1.29 is 13.2 Å². The molecular formula is C22H17BrClF3N6O2. The van der Waals surface area contributed by atoms with E-state index >= 15 is 0 Å². The molecule has 2 aromatic heterocycles. The van der Waals surface area contributed by atoms with Gasteiger partial charge in [0.2, 0.25) is 0 Å². The molecule has 0 saturated carbocycles. The van der Waals surface area contributed by atoms with Crippen LogP contribution in [0.25, 0.3) is 11.4 Å². The number of hydrogen-bond donors (Lipinski definition) is 2. The predicted molar refractivity (Wildman–Crippen MR) is 131 cm³/mol. The van der Waals surface area contributed by atoms with E-state index in [-0.39, 0.29) is 16.3 Å². The number of benzene rings is 2. The minimum Gasteiger partial charge on any atom is -0.396 e. The summed E-state index contributed by atoms with van der Waals surface area (Å²) in [5.41, 5.74) is 5.07. The SMILES string of the molecule is CNc1cnn(-c2cccc(C(F)(F)F)c2)c(=O)c1Cl.Nc1cnn(-c2ccccc2)c(=O)c1Br. The minimum atomic E-state index is -4.49. The Morgan fingerprint density at radius 1 is 0.943 bits per heavy atom. The van der Waals surface area contributed by atoms with Crippen molar-refractivity contribution in [3.8, 4) is 11.4 Å². The number of hydrogen-bond acceptors (Lipinski definition) is 6. The lowest BCUT2D eigenvalue weighted by atomic mass is 10.2. The van der Waals surface area contributed by atoms with E-state index in [4.69, 9.17) is 17.3 Å². The molecule has 2 aromatic carbocycles. The highest BCUT2D eigenvalue weighted by Crippen LogP contribution is 2.30. The molecule has 0 radical (unpaired) electrons. The normalized spacial score (nSPS) is 10.9. The molecule has 0 aliphatic heterocycles. The van der Waals surface area contributed by atoms with Crippen LogP contribution in [-0.2, 0) is 6.18 Å². The lowest BCUT2D eigenvalue weighted by molar-refractivity contribution is -0.137. The lowest BCUT2D eigenvalue weighted by Gasteiger charge is -2.10. The van der Waals surface area contributed by atoms with Crippen LogP contribution in [0.4, 0.5) is 24.5 Å². The van der Waals surface area contributed by atoms with E-state index in [1.165, 1.54) is 29.2 Å². The van der Waals surface area contributed by atoms with Crippen LogP contribution in [-0.4, -0.2) is 26.6 Å². The van der Waals surface area contributed by atoms with Gasteiger partial charge in [0.05, 0.1) is 40.7 Å². The van der Waals surface area contributed by atoms with Crippen molar-refractivity contribution in [2.75, 3.05) is 18.1 Å². The third-order valence-corrected chi connectivity index (χ3v) is 5.72. The molecule has 0 atom stereocenters. The second kappa shape index (κ2) is 10.7. The van der Waals surface area contributed by atoms with E-state index < -0.39 is 17.3 Å². The molecule has 3 N–H and O–H groups in total. The zero-order chi connectivity index (χ0) is 25.8. The van der Waals surface area contributed by atoms with Crippen molar-refractivity contribution in [1.29, 1.82) is 0 Å². The Morgan fingerprint density at radius 2 is 1.54 bits per heavy atom. The molecule has 0 spiro atoms. The van der Waals surface area contributed by atoms with Crippen molar-refractivity contribution in [2.24, 2.45) is 0 Å². The van der Waals surface area contributed by atoms with Gasteiger partial charge in [0.1, 0.15) is 9.50 Å². The van der Waals surface area contributed by atoms with Gasteiger partial charge in [-0.15, -0.1) is 0 Å². The Labute approximate surface area is 209 Å². The van der Waals surface area contributed by atoms with Gasteiger partial charge in [-0.05, 0) is 46.3 Å². The van der Waals surface area contributed by atoms with E-state index in [0.717, 1.165) is 16.8 Å². The third-order valence-electron chi connectivity index (χ3n) is 4.55. The molecule has 0 aliphatic rings. The minimum absolute atomic E-state index is 0.00521. The molecule has 0 fully saturated rings. The van der Waals surface area contributed by atoms with Gasteiger partial charge in [-0.1, -0.05) is 35.9 Å². The highest BCUT2D eigenvalue weighted by Gasteiger charge is 2.30. The number of aromatic nitrogens is 4. The number of nitrogen functional groups attached to an aromatic ring is 1. The Bertz CT molecular complexity index is 1460. The van der Waals surface area contributed by atoms with E-state index in [0.29, 0.717) is 21.5 Å². The quantitative estimate of drug-likeness (QED) is 0.376. The first-order chi connectivity index (χ1) is 16.5. The Morgan fingerprint density at radius 3 is 2.17 bits per heavy atom. The van der Waals surface area contributed by atoms with Crippen LogP contribution in [0.1, 0.15) is 5.56 Å². The average Bonchev–Trinajstić information content (AvgIpc) is 2.85. The molecule has 4 rings (SSSR count). The molecule has 0 amide bonds. The van der Waals surface area contributed by atoms with E-state index in [2.05, 4.69) is 31.4 Å². The van der Waals surface area contributed by atoms with Crippen molar-refractivity contribution in [3.05, 3.63) is 103 Å². The molecule has 13 heteroatoms. The third kappa shape index (κ3) is 5.89. The zero-order valence-electron chi connectivity index (χ0n) is 17.9. The second-order valence-electron chi connectivity index (χ2n) is 6.85. The molecule has 0 unspecified atom stereocenters. The average molecular weight is 570 g/mol. The summed E-state index contributed by atoms with van der Waals surface area (Å²) < 4.78 is 40.4. The fourth-order valence-electron chi connectivity index (χ4n) is 2.80. The first-order valence-electron chi connectivity index (χ1n) is 9.76. The predicted octanol–water partition coefficient (Wildman–Crippen LogP) is 4.52. The van der Waals surface area contributed by atoms with Gasteiger partial charge in [0, 0.05) is 7.05 Å². The van der Waals surface area contributed by atoms with E-state index in [1.807, 2.05) is 18.2 Å². The van der Waals surface area contributed by atoms with Crippen molar-refractivity contribution in [2.45, 2.75) is 6.18 Å². The molecule has 4 aromatic rings. The van der Waals surface area contributed by atoms with Crippen LogP contribution in [0.2, 0.25) is 5.02 Å².